The van der Waals surface area contributed by atoms with E-state index in [9.17, 15) is 14.7 Å². The Labute approximate surface area is 144 Å². The summed E-state index contributed by atoms with van der Waals surface area (Å²) in [6.07, 6.45) is 1.42. The van der Waals surface area contributed by atoms with Crippen molar-refractivity contribution in [1.82, 2.24) is 9.88 Å². The van der Waals surface area contributed by atoms with Crippen molar-refractivity contribution in [3.8, 4) is 0 Å². The van der Waals surface area contributed by atoms with E-state index in [2.05, 4.69) is 4.98 Å². The molecular formula is C19H20N2O4. The number of nitrogens with one attached hydrogen (secondary N) is 1. The van der Waals surface area contributed by atoms with E-state index in [1.54, 1.807) is 12.1 Å². The van der Waals surface area contributed by atoms with Gasteiger partial charge in [0.25, 0.3) is 11.5 Å². The number of nitrogens with zero attached hydrogens (tertiary/aromatic N) is 1. The second-order valence-corrected chi connectivity index (χ2v) is 6.09. The molecule has 130 valence electrons. The van der Waals surface area contributed by atoms with Gasteiger partial charge in [0, 0.05) is 23.0 Å². The number of aryl methyl sites for hydroxylation is 2. The van der Waals surface area contributed by atoms with Crippen LogP contribution in [-0.4, -0.2) is 34.0 Å². The summed E-state index contributed by atoms with van der Waals surface area (Å²) in [5, 5.41) is 10.2. The molecule has 0 radical (unpaired) electrons. The summed E-state index contributed by atoms with van der Waals surface area (Å²) >= 11 is 0. The van der Waals surface area contributed by atoms with Gasteiger partial charge in [0.15, 0.2) is 5.76 Å². The van der Waals surface area contributed by atoms with Crippen LogP contribution in [0.2, 0.25) is 0 Å². The lowest BCUT2D eigenvalue weighted by atomic mass is 10.0. The van der Waals surface area contributed by atoms with Crippen LogP contribution >= 0.6 is 0 Å². The van der Waals surface area contributed by atoms with Crippen molar-refractivity contribution < 1.29 is 14.3 Å². The number of H-pyrrole nitrogens is 1. The number of carbonyl (C=O) groups excluding carboxylic acids is 1. The third-order valence-corrected chi connectivity index (χ3v) is 4.14. The van der Waals surface area contributed by atoms with Gasteiger partial charge in [-0.25, -0.2) is 0 Å². The van der Waals surface area contributed by atoms with Gasteiger partial charge in [0.2, 0.25) is 0 Å². The van der Waals surface area contributed by atoms with Crippen LogP contribution in [0.25, 0.3) is 10.9 Å². The molecule has 0 atom stereocenters. The molecule has 0 spiro atoms. The van der Waals surface area contributed by atoms with Crippen molar-refractivity contribution in [3.05, 3.63) is 69.4 Å². The first kappa shape index (κ1) is 17.0. The van der Waals surface area contributed by atoms with E-state index in [0.717, 1.165) is 22.0 Å². The molecule has 0 saturated heterocycles. The van der Waals surface area contributed by atoms with E-state index in [4.69, 9.17) is 4.42 Å². The highest BCUT2D eigenvalue weighted by Crippen LogP contribution is 2.19. The Bertz CT molecular complexity index is 957. The summed E-state index contributed by atoms with van der Waals surface area (Å²) < 4.78 is 5.13. The largest absolute Gasteiger partial charge is 0.459 e. The minimum atomic E-state index is -0.362. The maximum Gasteiger partial charge on any atom is 0.289 e. The Balaban J connectivity index is 1.98. The smallest absolute Gasteiger partial charge is 0.289 e. The van der Waals surface area contributed by atoms with Gasteiger partial charge in [-0.1, -0.05) is 6.07 Å². The van der Waals surface area contributed by atoms with Crippen LogP contribution in [-0.2, 0) is 6.54 Å². The molecule has 1 aromatic carbocycles. The highest BCUT2D eigenvalue weighted by atomic mass is 16.3. The third kappa shape index (κ3) is 3.49. The molecule has 1 amide bonds. The Morgan fingerprint density at radius 1 is 1.28 bits per heavy atom. The maximum atomic E-state index is 12.5. The lowest BCUT2D eigenvalue weighted by Crippen LogP contribution is -2.34. The van der Waals surface area contributed by atoms with Crippen LogP contribution < -0.4 is 5.56 Å². The van der Waals surface area contributed by atoms with Crippen LogP contribution in [0.5, 0.6) is 0 Å². The van der Waals surface area contributed by atoms with Crippen molar-refractivity contribution in [2.45, 2.75) is 20.4 Å². The SMILES string of the molecule is Cc1cc(C)c2cc(CN(CCO)C(=O)c3ccco3)c(=O)[nH]c2c1. The zero-order valence-corrected chi connectivity index (χ0v) is 14.2. The van der Waals surface area contributed by atoms with E-state index in [-0.39, 0.29) is 36.9 Å². The molecular weight excluding hydrogens is 320 g/mol. The zero-order chi connectivity index (χ0) is 18.0. The highest BCUT2D eigenvalue weighted by Gasteiger charge is 2.19. The number of aromatic amines is 1. The van der Waals surface area contributed by atoms with E-state index in [0.29, 0.717) is 5.56 Å². The number of hydrogen-bond donors (Lipinski definition) is 2. The maximum absolute atomic E-state index is 12.5. The summed E-state index contributed by atoms with van der Waals surface area (Å²) in [4.78, 5) is 29.2. The number of aliphatic hydroxyl groups excluding tert-OH is 1. The second kappa shape index (κ2) is 6.94. The van der Waals surface area contributed by atoms with Gasteiger partial charge in [-0.05, 0) is 49.2 Å². The van der Waals surface area contributed by atoms with Gasteiger partial charge in [0.05, 0.1) is 19.4 Å². The Hall–Kier alpha value is -2.86. The van der Waals surface area contributed by atoms with E-state index >= 15 is 0 Å². The zero-order valence-electron chi connectivity index (χ0n) is 14.2. The first-order valence-corrected chi connectivity index (χ1v) is 8.06. The quantitative estimate of drug-likeness (QED) is 0.746. The molecule has 6 heteroatoms. The molecule has 0 aliphatic rings. The van der Waals surface area contributed by atoms with Crippen molar-refractivity contribution in [2.75, 3.05) is 13.2 Å². The minimum absolute atomic E-state index is 0.0959. The predicted molar refractivity (Wildman–Crippen MR) is 94.6 cm³/mol. The number of aromatic nitrogens is 1. The van der Waals surface area contributed by atoms with E-state index in [1.165, 1.54) is 11.2 Å². The number of fused-ring (bicyclic) bond motifs is 1. The topological polar surface area (TPSA) is 86.5 Å². The van der Waals surface area contributed by atoms with Gasteiger partial charge in [-0.15, -0.1) is 0 Å². The molecule has 6 nitrogen and oxygen atoms in total. The molecule has 2 N–H and O–H groups in total. The third-order valence-electron chi connectivity index (χ3n) is 4.14. The van der Waals surface area contributed by atoms with Gasteiger partial charge in [0.1, 0.15) is 0 Å². The molecule has 3 aromatic rings. The Morgan fingerprint density at radius 3 is 2.76 bits per heavy atom. The van der Waals surface area contributed by atoms with Crippen molar-refractivity contribution in [2.24, 2.45) is 0 Å². The summed E-state index contributed by atoms with van der Waals surface area (Å²) in [5.41, 5.74) is 3.12. The Kier molecular flexibility index (Phi) is 4.72. The van der Waals surface area contributed by atoms with Crippen molar-refractivity contribution in [3.63, 3.8) is 0 Å². The monoisotopic (exact) mass is 340 g/mol. The van der Waals surface area contributed by atoms with Gasteiger partial charge >= 0.3 is 0 Å². The molecule has 2 aromatic heterocycles. The number of hydrogen-bond acceptors (Lipinski definition) is 4. The number of rotatable bonds is 5. The highest BCUT2D eigenvalue weighted by molar-refractivity contribution is 5.91. The first-order valence-electron chi connectivity index (χ1n) is 8.06. The summed E-state index contributed by atoms with van der Waals surface area (Å²) in [6, 6.07) is 8.96. The number of furan rings is 1. The van der Waals surface area contributed by atoms with E-state index in [1.807, 2.05) is 32.0 Å². The molecule has 0 aliphatic heterocycles. The van der Waals surface area contributed by atoms with Crippen LogP contribution in [0.1, 0.15) is 27.2 Å². The van der Waals surface area contributed by atoms with Gasteiger partial charge < -0.3 is 19.4 Å². The molecule has 0 aliphatic carbocycles. The number of amides is 1. The Morgan fingerprint density at radius 2 is 2.08 bits per heavy atom. The molecule has 25 heavy (non-hydrogen) atoms. The number of pyridine rings is 1. The molecule has 3 rings (SSSR count). The fourth-order valence-electron chi connectivity index (χ4n) is 2.97. The number of carbonyl (C=O) groups is 1. The van der Waals surface area contributed by atoms with E-state index < -0.39 is 0 Å². The lowest BCUT2D eigenvalue weighted by molar-refractivity contribution is 0.0675. The normalized spacial score (nSPS) is 11.0. The summed E-state index contributed by atoms with van der Waals surface area (Å²) in [6.45, 7) is 3.97. The molecule has 0 fully saturated rings. The molecule has 0 unspecified atom stereocenters. The molecule has 0 bridgehead atoms. The van der Waals surface area contributed by atoms with Crippen LogP contribution in [0.4, 0.5) is 0 Å². The predicted octanol–water partition coefficient (Wildman–Crippen LogP) is 2.37. The minimum Gasteiger partial charge on any atom is -0.459 e. The molecule has 0 saturated carbocycles. The van der Waals surface area contributed by atoms with Gasteiger partial charge in [-0.3, -0.25) is 9.59 Å². The average Bonchev–Trinajstić information content (AvgIpc) is 3.09. The summed E-state index contributed by atoms with van der Waals surface area (Å²) in [7, 11) is 0. The fraction of sp³-hybridized carbons (Fsp3) is 0.263. The fourth-order valence-corrected chi connectivity index (χ4v) is 2.97. The lowest BCUT2D eigenvalue weighted by Gasteiger charge is -2.20. The van der Waals surface area contributed by atoms with Crippen molar-refractivity contribution >= 4 is 16.8 Å². The van der Waals surface area contributed by atoms with Crippen LogP contribution in [0.3, 0.4) is 0 Å². The summed E-state index contributed by atoms with van der Waals surface area (Å²) in [5.74, 6) is -0.184. The number of benzene rings is 1. The number of aliphatic hydroxyl groups is 1. The first-order chi connectivity index (χ1) is 12.0. The van der Waals surface area contributed by atoms with Crippen LogP contribution in [0, 0.1) is 13.8 Å². The average molecular weight is 340 g/mol. The van der Waals surface area contributed by atoms with Crippen LogP contribution in [0.15, 0.2) is 45.8 Å². The standard InChI is InChI=1S/C19H20N2O4/c1-12-8-13(2)15-10-14(18(23)20-16(15)9-12)11-21(5-6-22)19(24)17-4-3-7-25-17/h3-4,7-10,22H,5-6,11H2,1-2H3,(H,20,23). The van der Waals surface area contributed by atoms with Gasteiger partial charge in [-0.2, -0.15) is 0 Å². The second-order valence-electron chi connectivity index (χ2n) is 6.09. The van der Waals surface area contributed by atoms with Crippen molar-refractivity contribution in [1.29, 1.82) is 0 Å². The molecule has 2 heterocycles.